The molecule has 0 aliphatic heterocycles. The molecule has 1 amide bonds. The summed E-state index contributed by atoms with van der Waals surface area (Å²) in [4.78, 5) is 15.8. The number of amides is 1. The monoisotopic (exact) mass is 364 g/mol. The third-order valence-corrected chi connectivity index (χ3v) is 4.86. The zero-order valence-electron chi connectivity index (χ0n) is 13.8. The van der Waals surface area contributed by atoms with Crippen LogP contribution < -0.4 is 10.1 Å². The van der Waals surface area contributed by atoms with Gasteiger partial charge >= 0.3 is 0 Å². The van der Waals surface area contributed by atoms with Crippen molar-refractivity contribution in [2.45, 2.75) is 19.5 Å². The summed E-state index contributed by atoms with van der Waals surface area (Å²) in [7, 11) is 1.58. The van der Waals surface area contributed by atoms with Crippen molar-refractivity contribution in [3.63, 3.8) is 0 Å². The standard InChI is InChI=1S/C18H21ClN2O2S/c1-4-11-21(12-14-9-10-17(19)24-14)13(2)18(22)20-15-7-5-6-8-16(15)23-3/h4-10,13H,1,11-12H2,2-3H3,(H,20,22)/t13-/m1/s1. The fraction of sp³-hybridized carbons (Fsp3) is 0.278. The second kappa shape index (κ2) is 8.87. The van der Waals surface area contributed by atoms with Gasteiger partial charge in [0.25, 0.3) is 0 Å². The van der Waals surface area contributed by atoms with Crippen LogP contribution in [-0.2, 0) is 11.3 Å². The average Bonchev–Trinajstić information content (AvgIpc) is 2.99. The van der Waals surface area contributed by atoms with Gasteiger partial charge in [0.15, 0.2) is 0 Å². The highest BCUT2D eigenvalue weighted by Gasteiger charge is 2.22. The zero-order valence-corrected chi connectivity index (χ0v) is 15.4. The van der Waals surface area contributed by atoms with Crippen molar-refractivity contribution in [2.24, 2.45) is 0 Å². The summed E-state index contributed by atoms with van der Waals surface area (Å²) in [6.45, 7) is 6.91. The van der Waals surface area contributed by atoms with E-state index in [9.17, 15) is 4.79 Å². The predicted octanol–water partition coefficient (Wildman–Crippen LogP) is 4.43. The summed E-state index contributed by atoms with van der Waals surface area (Å²) in [5, 5.41) is 2.93. The number of benzene rings is 1. The van der Waals surface area contributed by atoms with E-state index in [2.05, 4.69) is 11.9 Å². The maximum Gasteiger partial charge on any atom is 0.241 e. The summed E-state index contributed by atoms with van der Waals surface area (Å²) in [5.41, 5.74) is 0.662. The lowest BCUT2D eigenvalue weighted by molar-refractivity contribution is -0.120. The topological polar surface area (TPSA) is 41.6 Å². The molecule has 0 bridgehead atoms. The molecule has 1 aromatic heterocycles. The number of para-hydroxylation sites is 2. The van der Waals surface area contributed by atoms with E-state index in [4.69, 9.17) is 16.3 Å². The summed E-state index contributed by atoms with van der Waals surface area (Å²) in [5.74, 6) is 0.544. The molecule has 128 valence electrons. The van der Waals surface area contributed by atoms with Gasteiger partial charge in [-0.05, 0) is 31.2 Å². The van der Waals surface area contributed by atoms with Crippen LogP contribution in [0.4, 0.5) is 5.69 Å². The van der Waals surface area contributed by atoms with E-state index < -0.39 is 0 Å². The first kappa shape index (κ1) is 18.5. The highest BCUT2D eigenvalue weighted by molar-refractivity contribution is 7.16. The second-order valence-corrected chi connectivity index (χ2v) is 7.09. The van der Waals surface area contributed by atoms with Crippen LogP contribution in [0, 0.1) is 0 Å². The van der Waals surface area contributed by atoms with Gasteiger partial charge in [-0.15, -0.1) is 17.9 Å². The van der Waals surface area contributed by atoms with Crippen LogP contribution in [0.15, 0.2) is 49.1 Å². The fourth-order valence-corrected chi connectivity index (χ4v) is 3.43. The van der Waals surface area contributed by atoms with Crippen LogP contribution in [-0.4, -0.2) is 30.5 Å². The lowest BCUT2D eigenvalue weighted by atomic mass is 10.2. The second-order valence-electron chi connectivity index (χ2n) is 5.29. The van der Waals surface area contributed by atoms with Crippen molar-refractivity contribution >= 4 is 34.5 Å². The lowest BCUT2D eigenvalue weighted by Gasteiger charge is -2.26. The molecule has 0 spiro atoms. The average molecular weight is 365 g/mol. The summed E-state index contributed by atoms with van der Waals surface area (Å²) < 4.78 is 6.02. The Balaban J connectivity index is 2.08. The van der Waals surface area contributed by atoms with Gasteiger partial charge in [0, 0.05) is 18.0 Å². The fourth-order valence-electron chi connectivity index (χ4n) is 2.31. The number of ether oxygens (including phenoxy) is 1. The van der Waals surface area contributed by atoms with E-state index in [-0.39, 0.29) is 11.9 Å². The number of rotatable bonds is 8. The normalized spacial score (nSPS) is 12.0. The van der Waals surface area contributed by atoms with Crippen molar-refractivity contribution in [3.05, 3.63) is 58.3 Å². The van der Waals surface area contributed by atoms with Crippen LogP contribution in [0.3, 0.4) is 0 Å². The van der Waals surface area contributed by atoms with Crippen LogP contribution in [0.1, 0.15) is 11.8 Å². The Morgan fingerprint density at radius 1 is 1.42 bits per heavy atom. The number of halogens is 1. The van der Waals surface area contributed by atoms with Crippen LogP contribution in [0.2, 0.25) is 4.34 Å². The molecule has 2 rings (SSSR count). The first-order valence-corrected chi connectivity index (χ1v) is 8.77. The first-order chi connectivity index (χ1) is 11.5. The minimum atomic E-state index is -0.325. The number of carbonyl (C=O) groups is 1. The van der Waals surface area contributed by atoms with Crippen molar-refractivity contribution in [2.75, 3.05) is 19.0 Å². The number of nitrogens with zero attached hydrogens (tertiary/aromatic N) is 1. The molecule has 24 heavy (non-hydrogen) atoms. The smallest absolute Gasteiger partial charge is 0.241 e. The van der Waals surface area contributed by atoms with Gasteiger partial charge in [0.2, 0.25) is 5.91 Å². The predicted molar refractivity (Wildman–Crippen MR) is 101 cm³/mol. The number of anilines is 1. The molecule has 0 saturated heterocycles. The highest BCUT2D eigenvalue weighted by Crippen LogP contribution is 2.25. The van der Waals surface area contributed by atoms with Gasteiger partial charge in [-0.25, -0.2) is 0 Å². The number of carbonyl (C=O) groups excluding carboxylic acids is 1. The molecule has 1 atom stereocenters. The number of hydrogen-bond acceptors (Lipinski definition) is 4. The molecule has 0 radical (unpaired) electrons. The van der Waals surface area contributed by atoms with Crippen molar-refractivity contribution in [1.29, 1.82) is 0 Å². The van der Waals surface area contributed by atoms with Gasteiger partial charge < -0.3 is 10.1 Å². The molecule has 1 N–H and O–H groups in total. The van der Waals surface area contributed by atoms with Crippen LogP contribution in [0.25, 0.3) is 0 Å². The summed E-state index contributed by atoms with van der Waals surface area (Å²) in [6.07, 6.45) is 1.79. The molecular weight excluding hydrogens is 344 g/mol. The number of nitrogens with one attached hydrogen (secondary N) is 1. The maximum atomic E-state index is 12.6. The molecule has 4 nitrogen and oxygen atoms in total. The number of hydrogen-bond donors (Lipinski definition) is 1. The van der Waals surface area contributed by atoms with Crippen LogP contribution in [0.5, 0.6) is 5.75 Å². The first-order valence-electron chi connectivity index (χ1n) is 7.58. The number of methoxy groups -OCH3 is 1. The molecular formula is C18H21ClN2O2S. The summed E-state index contributed by atoms with van der Waals surface area (Å²) >= 11 is 7.51. The molecule has 1 heterocycles. The van der Waals surface area contributed by atoms with Crippen molar-refractivity contribution in [1.82, 2.24) is 4.90 Å². The molecule has 6 heteroatoms. The summed E-state index contributed by atoms with van der Waals surface area (Å²) in [6, 6.07) is 10.9. The molecule has 0 aliphatic rings. The molecule has 0 saturated carbocycles. The molecule has 0 fully saturated rings. The molecule has 0 aliphatic carbocycles. The Labute approximate surface area is 151 Å². The minimum Gasteiger partial charge on any atom is -0.495 e. The Bertz CT molecular complexity index is 702. The van der Waals surface area contributed by atoms with Gasteiger partial charge in [-0.2, -0.15) is 0 Å². The third kappa shape index (κ3) is 4.84. The highest BCUT2D eigenvalue weighted by atomic mass is 35.5. The van der Waals surface area contributed by atoms with Gasteiger partial charge in [-0.1, -0.05) is 29.8 Å². The van der Waals surface area contributed by atoms with E-state index in [1.807, 2.05) is 48.2 Å². The Morgan fingerprint density at radius 2 is 2.17 bits per heavy atom. The Morgan fingerprint density at radius 3 is 2.79 bits per heavy atom. The van der Waals surface area contributed by atoms with E-state index in [0.717, 1.165) is 9.21 Å². The van der Waals surface area contributed by atoms with E-state index in [1.54, 1.807) is 13.2 Å². The van der Waals surface area contributed by atoms with E-state index in [0.29, 0.717) is 24.5 Å². The molecule has 1 aromatic carbocycles. The largest absolute Gasteiger partial charge is 0.495 e. The maximum absolute atomic E-state index is 12.6. The van der Waals surface area contributed by atoms with Crippen molar-refractivity contribution < 1.29 is 9.53 Å². The van der Waals surface area contributed by atoms with E-state index in [1.165, 1.54) is 11.3 Å². The minimum absolute atomic E-state index is 0.0935. The quantitative estimate of drug-likeness (QED) is 0.705. The van der Waals surface area contributed by atoms with Gasteiger partial charge in [-0.3, -0.25) is 9.69 Å². The SMILES string of the molecule is C=CCN(Cc1ccc(Cl)s1)[C@H](C)C(=O)Nc1ccccc1OC. The third-order valence-electron chi connectivity index (χ3n) is 3.64. The lowest BCUT2D eigenvalue weighted by Crippen LogP contribution is -2.41. The zero-order chi connectivity index (χ0) is 17.5. The molecule has 2 aromatic rings. The Hall–Kier alpha value is -1.82. The van der Waals surface area contributed by atoms with Crippen LogP contribution >= 0.6 is 22.9 Å². The van der Waals surface area contributed by atoms with Crippen molar-refractivity contribution in [3.8, 4) is 5.75 Å². The number of thiophene rings is 1. The Kier molecular flexibility index (Phi) is 6.85. The molecule has 0 unspecified atom stereocenters. The van der Waals surface area contributed by atoms with Gasteiger partial charge in [0.1, 0.15) is 5.75 Å². The van der Waals surface area contributed by atoms with E-state index >= 15 is 0 Å². The van der Waals surface area contributed by atoms with Gasteiger partial charge in [0.05, 0.1) is 23.2 Å².